The Kier molecular flexibility index (Phi) is 5.08. The van der Waals surface area contributed by atoms with Gasteiger partial charge in [0.25, 0.3) is 0 Å². The summed E-state index contributed by atoms with van der Waals surface area (Å²) in [5.41, 5.74) is 4.88. The third-order valence-corrected chi connectivity index (χ3v) is 2.93. The van der Waals surface area contributed by atoms with Crippen molar-refractivity contribution in [3.8, 4) is 0 Å². The standard InChI is InChI=1S/C12H20N2O2S/c1-12(2,6-11(13)15)14-7-9-4-5-10(16-9)8-17-3/h4-5,14H,6-8H2,1-3H3,(H2,13,15). The normalized spacial score (nSPS) is 11.7. The van der Waals surface area contributed by atoms with Gasteiger partial charge in [-0.05, 0) is 32.2 Å². The molecule has 0 spiro atoms. The van der Waals surface area contributed by atoms with E-state index >= 15 is 0 Å². The molecule has 0 atom stereocenters. The molecule has 0 fully saturated rings. The number of furan rings is 1. The second-order valence-corrected chi connectivity index (χ2v) is 5.55. The molecule has 5 heteroatoms. The van der Waals surface area contributed by atoms with E-state index in [0.29, 0.717) is 13.0 Å². The van der Waals surface area contributed by atoms with Gasteiger partial charge in [0.05, 0.1) is 12.3 Å². The number of carbonyl (C=O) groups is 1. The molecular formula is C12H20N2O2S. The zero-order chi connectivity index (χ0) is 12.9. The van der Waals surface area contributed by atoms with Crippen molar-refractivity contribution in [2.45, 2.75) is 38.1 Å². The van der Waals surface area contributed by atoms with Crippen LogP contribution in [-0.2, 0) is 17.1 Å². The van der Waals surface area contributed by atoms with Crippen molar-refractivity contribution in [3.63, 3.8) is 0 Å². The number of carbonyl (C=O) groups excluding carboxylic acids is 1. The van der Waals surface area contributed by atoms with Gasteiger partial charge in [0.2, 0.25) is 5.91 Å². The van der Waals surface area contributed by atoms with Crippen LogP contribution < -0.4 is 11.1 Å². The summed E-state index contributed by atoms with van der Waals surface area (Å²) in [4.78, 5) is 10.9. The van der Waals surface area contributed by atoms with E-state index in [1.54, 1.807) is 11.8 Å². The molecule has 0 aromatic carbocycles. The molecule has 1 aromatic heterocycles. The van der Waals surface area contributed by atoms with Crippen molar-refractivity contribution in [3.05, 3.63) is 23.7 Å². The highest BCUT2D eigenvalue weighted by molar-refractivity contribution is 7.97. The maximum atomic E-state index is 10.9. The molecule has 0 aliphatic heterocycles. The first-order chi connectivity index (χ1) is 7.93. The average Bonchev–Trinajstić information content (AvgIpc) is 2.62. The molecule has 17 heavy (non-hydrogen) atoms. The van der Waals surface area contributed by atoms with Gasteiger partial charge in [-0.3, -0.25) is 4.79 Å². The molecule has 4 nitrogen and oxygen atoms in total. The van der Waals surface area contributed by atoms with Crippen LogP contribution in [0.15, 0.2) is 16.5 Å². The predicted molar refractivity (Wildman–Crippen MR) is 70.7 cm³/mol. The second-order valence-electron chi connectivity index (χ2n) is 4.68. The number of hydrogen-bond acceptors (Lipinski definition) is 4. The summed E-state index contributed by atoms with van der Waals surface area (Å²) in [7, 11) is 0. The van der Waals surface area contributed by atoms with E-state index in [0.717, 1.165) is 17.3 Å². The predicted octanol–water partition coefficient (Wildman–Crippen LogP) is 1.89. The number of nitrogens with one attached hydrogen (secondary N) is 1. The molecule has 3 N–H and O–H groups in total. The Bertz CT molecular complexity index is 374. The fraction of sp³-hybridized carbons (Fsp3) is 0.583. The van der Waals surface area contributed by atoms with Gasteiger partial charge < -0.3 is 15.5 Å². The van der Waals surface area contributed by atoms with Gasteiger partial charge in [0, 0.05) is 12.0 Å². The molecule has 0 bridgehead atoms. The minimum absolute atomic E-state index is 0.301. The van der Waals surface area contributed by atoms with Gasteiger partial charge in [0.15, 0.2) is 0 Å². The Balaban J connectivity index is 2.46. The summed E-state index contributed by atoms with van der Waals surface area (Å²) in [5, 5.41) is 3.26. The van der Waals surface area contributed by atoms with E-state index in [2.05, 4.69) is 5.32 Å². The number of amides is 1. The highest BCUT2D eigenvalue weighted by Crippen LogP contribution is 2.15. The van der Waals surface area contributed by atoms with Crippen LogP contribution >= 0.6 is 11.8 Å². The van der Waals surface area contributed by atoms with Crippen molar-refractivity contribution < 1.29 is 9.21 Å². The average molecular weight is 256 g/mol. The Morgan fingerprint density at radius 1 is 1.47 bits per heavy atom. The fourth-order valence-corrected chi connectivity index (χ4v) is 2.00. The highest BCUT2D eigenvalue weighted by atomic mass is 32.2. The molecule has 0 radical (unpaired) electrons. The van der Waals surface area contributed by atoms with E-state index in [4.69, 9.17) is 10.2 Å². The summed E-state index contributed by atoms with van der Waals surface area (Å²) >= 11 is 1.72. The minimum Gasteiger partial charge on any atom is -0.464 e. The van der Waals surface area contributed by atoms with Gasteiger partial charge in [-0.15, -0.1) is 0 Å². The molecule has 1 aromatic rings. The van der Waals surface area contributed by atoms with Crippen LogP contribution in [0.5, 0.6) is 0 Å². The number of thioether (sulfide) groups is 1. The van der Waals surface area contributed by atoms with Crippen LogP contribution in [0.3, 0.4) is 0 Å². The zero-order valence-electron chi connectivity index (χ0n) is 10.6. The highest BCUT2D eigenvalue weighted by Gasteiger charge is 2.20. The summed E-state index contributed by atoms with van der Waals surface area (Å²) in [6.45, 7) is 4.50. The van der Waals surface area contributed by atoms with Crippen molar-refractivity contribution >= 4 is 17.7 Å². The van der Waals surface area contributed by atoms with E-state index < -0.39 is 0 Å². The quantitative estimate of drug-likeness (QED) is 0.781. The molecule has 0 saturated heterocycles. The molecule has 1 amide bonds. The molecule has 1 rings (SSSR count). The minimum atomic E-state index is -0.307. The van der Waals surface area contributed by atoms with E-state index in [9.17, 15) is 4.79 Å². The first kappa shape index (κ1) is 14.1. The first-order valence-corrected chi connectivity index (χ1v) is 6.92. The van der Waals surface area contributed by atoms with Crippen molar-refractivity contribution in [2.24, 2.45) is 5.73 Å². The SMILES string of the molecule is CSCc1ccc(CNC(C)(C)CC(N)=O)o1. The summed E-state index contributed by atoms with van der Waals surface area (Å²) in [6, 6.07) is 3.94. The van der Waals surface area contributed by atoms with E-state index in [-0.39, 0.29) is 11.4 Å². The Labute approximate surface area is 106 Å². The summed E-state index contributed by atoms with van der Waals surface area (Å²) < 4.78 is 5.62. The van der Waals surface area contributed by atoms with E-state index in [1.807, 2.05) is 32.2 Å². The monoisotopic (exact) mass is 256 g/mol. The van der Waals surface area contributed by atoms with Gasteiger partial charge in [-0.2, -0.15) is 11.8 Å². The third-order valence-electron chi connectivity index (χ3n) is 2.36. The molecule has 0 unspecified atom stereocenters. The molecule has 0 aliphatic rings. The molecule has 1 heterocycles. The van der Waals surface area contributed by atoms with Crippen LogP contribution in [0, 0.1) is 0 Å². The largest absolute Gasteiger partial charge is 0.464 e. The number of nitrogens with two attached hydrogens (primary N) is 1. The Morgan fingerprint density at radius 3 is 2.71 bits per heavy atom. The van der Waals surface area contributed by atoms with Gasteiger partial charge in [-0.1, -0.05) is 0 Å². The van der Waals surface area contributed by atoms with Crippen molar-refractivity contribution in [1.82, 2.24) is 5.32 Å². The molecule has 96 valence electrons. The second kappa shape index (κ2) is 6.12. The topological polar surface area (TPSA) is 68.3 Å². The van der Waals surface area contributed by atoms with Crippen molar-refractivity contribution in [2.75, 3.05) is 6.26 Å². The summed E-state index contributed by atoms with van der Waals surface area (Å²) in [6.07, 6.45) is 2.35. The molecule has 0 saturated carbocycles. The zero-order valence-corrected chi connectivity index (χ0v) is 11.4. The number of rotatable bonds is 7. The van der Waals surface area contributed by atoms with Gasteiger partial charge >= 0.3 is 0 Å². The lowest BCUT2D eigenvalue weighted by Crippen LogP contribution is -2.42. The van der Waals surface area contributed by atoms with Gasteiger partial charge in [0.1, 0.15) is 11.5 Å². The maximum Gasteiger partial charge on any atom is 0.219 e. The van der Waals surface area contributed by atoms with Crippen molar-refractivity contribution in [1.29, 1.82) is 0 Å². The van der Waals surface area contributed by atoms with Crippen LogP contribution in [-0.4, -0.2) is 17.7 Å². The van der Waals surface area contributed by atoms with Crippen LogP contribution in [0.25, 0.3) is 0 Å². The lowest BCUT2D eigenvalue weighted by molar-refractivity contribution is -0.119. The van der Waals surface area contributed by atoms with E-state index in [1.165, 1.54) is 0 Å². The summed E-state index contributed by atoms with van der Waals surface area (Å²) in [5.74, 6) is 2.43. The maximum absolute atomic E-state index is 10.9. The Morgan fingerprint density at radius 2 is 2.12 bits per heavy atom. The smallest absolute Gasteiger partial charge is 0.219 e. The first-order valence-electron chi connectivity index (χ1n) is 5.53. The molecular weight excluding hydrogens is 236 g/mol. The van der Waals surface area contributed by atoms with Crippen LogP contribution in [0.4, 0.5) is 0 Å². The number of primary amides is 1. The fourth-order valence-electron chi connectivity index (χ4n) is 1.56. The lowest BCUT2D eigenvalue weighted by Gasteiger charge is -2.24. The Hall–Kier alpha value is -0.940. The number of hydrogen-bond donors (Lipinski definition) is 2. The van der Waals surface area contributed by atoms with Crippen LogP contribution in [0.2, 0.25) is 0 Å². The molecule has 0 aliphatic carbocycles. The van der Waals surface area contributed by atoms with Crippen LogP contribution in [0.1, 0.15) is 31.8 Å². The lowest BCUT2D eigenvalue weighted by atomic mass is 10.0. The van der Waals surface area contributed by atoms with Gasteiger partial charge in [-0.25, -0.2) is 0 Å². The third kappa shape index (κ3) is 5.28.